The van der Waals surface area contributed by atoms with Crippen LogP contribution in [0.4, 0.5) is 0 Å². The first-order valence-corrected chi connectivity index (χ1v) is 7.31. The van der Waals surface area contributed by atoms with E-state index in [0.29, 0.717) is 12.0 Å². The first-order valence-electron chi connectivity index (χ1n) is 7.31. The minimum absolute atomic E-state index is 0.559. The number of benzene rings is 1. The zero-order valence-corrected chi connectivity index (χ0v) is 12.4. The van der Waals surface area contributed by atoms with Crippen LogP contribution in [0.1, 0.15) is 31.2 Å². The molecule has 0 unspecified atom stereocenters. The van der Waals surface area contributed by atoms with Gasteiger partial charge in [0.2, 0.25) is 0 Å². The van der Waals surface area contributed by atoms with Crippen molar-refractivity contribution in [1.29, 1.82) is 0 Å². The lowest BCUT2D eigenvalue weighted by Gasteiger charge is -2.22. The summed E-state index contributed by atoms with van der Waals surface area (Å²) in [5, 5.41) is 18.9. The van der Waals surface area contributed by atoms with Crippen molar-refractivity contribution >= 4 is 12.6 Å². The highest BCUT2D eigenvalue weighted by atomic mass is 16.5. The minimum Gasteiger partial charge on any atom is -0.497 e. The topological polar surface area (TPSA) is 52.9 Å². The van der Waals surface area contributed by atoms with Crippen molar-refractivity contribution in [2.45, 2.75) is 32.2 Å². The highest BCUT2D eigenvalue weighted by Gasteiger charge is 2.20. The first-order chi connectivity index (χ1) is 9.60. The van der Waals surface area contributed by atoms with Crippen LogP contribution in [0.25, 0.3) is 0 Å². The molecule has 1 saturated carbocycles. The van der Waals surface area contributed by atoms with E-state index in [0.717, 1.165) is 23.8 Å². The molecule has 0 heterocycles. The monoisotopic (exact) mass is 277 g/mol. The highest BCUT2D eigenvalue weighted by molar-refractivity contribution is 6.59. The summed E-state index contributed by atoms with van der Waals surface area (Å²) in [6, 6.07) is 5.37. The second kappa shape index (κ2) is 7.11. The van der Waals surface area contributed by atoms with E-state index in [-0.39, 0.29) is 0 Å². The Balaban J connectivity index is 2.05. The molecule has 110 valence electrons. The van der Waals surface area contributed by atoms with Crippen molar-refractivity contribution in [1.82, 2.24) is 4.90 Å². The molecule has 0 radical (unpaired) electrons. The van der Waals surface area contributed by atoms with E-state index in [4.69, 9.17) is 4.74 Å². The standard InChI is InChI=1S/C15H24BNO3/c1-17(10-12-5-3-4-6-12)11-13-9-14(20-2)7-8-15(13)16(18)19/h7-9,12,18-19H,3-6,10-11H2,1-2H3. The maximum atomic E-state index is 9.46. The summed E-state index contributed by atoms with van der Waals surface area (Å²) in [5.41, 5.74) is 1.48. The zero-order chi connectivity index (χ0) is 14.5. The average molecular weight is 277 g/mol. The molecule has 20 heavy (non-hydrogen) atoms. The van der Waals surface area contributed by atoms with Gasteiger partial charge in [-0.1, -0.05) is 18.9 Å². The minimum atomic E-state index is -1.43. The van der Waals surface area contributed by atoms with Gasteiger partial charge in [0.15, 0.2) is 0 Å². The number of hydrogen-bond acceptors (Lipinski definition) is 4. The molecule has 0 spiro atoms. The zero-order valence-electron chi connectivity index (χ0n) is 12.4. The van der Waals surface area contributed by atoms with Gasteiger partial charge in [-0.2, -0.15) is 0 Å². The van der Waals surface area contributed by atoms with Crippen LogP contribution < -0.4 is 10.2 Å². The molecule has 1 fully saturated rings. The second-order valence-electron chi connectivity index (χ2n) is 5.79. The number of methoxy groups -OCH3 is 1. The van der Waals surface area contributed by atoms with E-state index in [1.165, 1.54) is 25.7 Å². The smallest absolute Gasteiger partial charge is 0.488 e. The van der Waals surface area contributed by atoms with Crippen LogP contribution in [-0.4, -0.2) is 42.8 Å². The van der Waals surface area contributed by atoms with Crippen LogP contribution in [0.3, 0.4) is 0 Å². The predicted octanol–water partition coefficient (Wildman–Crippen LogP) is 0.997. The van der Waals surface area contributed by atoms with E-state index in [2.05, 4.69) is 11.9 Å². The Hall–Kier alpha value is -1.04. The summed E-state index contributed by atoms with van der Waals surface area (Å²) in [4.78, 5) is 2.26. The van der Waals surface area contributed by atoms with Crippen LogP contribution in [0.2, 0.25) is 0 Å². The van der Waals surface area contributed by atoms with E-state index >= 15 is 0 Å². The maximum Gasteiger partial charge on any atom is 0.488 e. The third-order valence-electron chi connectivity index (χ3n) is 4.11. The Morgan fingerprint density at radius 2 is 2.00 bits per heavy atom. The Bertz CT molecular complexity index is 433. The molecule has 5 heteroatoms. The third kappa shape index (κ3) is 3.98. The molecule has 0 aromatic heterocycles. The van der Waals surface area contributed by atoms with E-state index in [1.807, 2.05) is 6.07 Å². The largest absolute Gasteiger partial charge is 0.497 e. The molecule has 1 aromatic rings. The average Bonchev–Trinajstić information content (AvgIpc) is 2.90. The van der Waals surface area contributed by atoms with Crippen LogP contribution in [0.5, 0.6) is 5.75 Å². The maximum absolute atomic E-state index is 9.46. The Morgan fingerprint density at radius 3 is 2.60 bits per heavy atom. The first kappa shape index (κ1) is 15.4. The van der Waals surface area contributed by atoms with Crippen LogP contribution in [-0.2, 0) is 6.54 Å². The lowest BCUT2D eigenvalue weighted by molar-refractivity contribution is 0.271. The van der Waals surface area contributed by atoms with Crippen molar-refractivity contribution in [3.05, 3.63) is 23.8 Å². The lowest BCUT2D eigenvalue weighted by atomic mass is 9.77. The van der Waals surface area contributed by atoms with Crippen LogP contribution in [0.15, 0.2) is 18.2 Å². The molecule has 1 aromatic carbocycles. The second-order valence-corrected chi connectivity index (χ2v) is 5.79. The van der Waals surface area contributed by atoms with Gasteiger partial charge in [0, 0.05) is 13.1 Å². The third-order valence-corrected chi connectivity index (χ3v) is 4.11. The molecule has 0 saturated heterocycles. The fourth-order valence-corrected chi connectivity index (χ4v) is 3.09. The van der Waals surface area contributed by atoms with Gasteiger partial charge < -0.3 is 19.7 Å². The Morgan fingerprint density at radius 1 is 1.30 bits per heavy atom. The quantitative estimate of drug-likeness (QED) is 0.762. The molecule has 0 aliphatic heterocycles. The summed E-state index contributed by atoms with van der Waals surface area (Å²) >= 11 is 0. The molecule has 2 N–H and O–H groups in total. The lowest BCUT2D eigenvalue weighted by Crippen LogP contribution is -2.35. The normalized spacial score (nSPS) is 15.8. The van der Waals surface area contributed by atoms with Crippen molar-refractivity contribution < 1.29 is 14.8 Å². The van der Waals surface area contributed by atoms with Gasteiger partial charge in [0.05, 0.1) is 7.11 Å². The van der Waals surface area contributed by atoms with Gasteiger partial charge in [-0.05, 0) is 49.0 Å². The van der Waals surface area contributed by atoms with Crippen molar-refractivity contribution in [2.75, 3.05) is 20.7 Å². The Labute approximate surface area is 121 Å². The fourth-order valence-electron chi connectivity index (χ4n) is 3.09. The molecular formula is C15H24BNO3. The molecule has 2 rings (SSSR count). The molecule has 0 atom stereocenters. The van der Waals surface area contributed by atoms with Gasteiger partial charge in [-0.25, -0.2) is 0 Å². The summed E-state index contributed by atoms with van der Waals surface area (Å²) < 4.78 is 5.22. The summed E-state index contributed by atoms with van der Waals surface area (Å²) in [6.45, 7) is 1.78. The molecule has 1 aliphatic rings. The predicted molar refractivity (Wildman–Crippen MR) is 81.1 cm³/mol. The number of ether oxygens (including phenoxy) is 1. The van der Waals surface area contributed by atoms with Gasteiger partial charge in [-0.15, -0.1) is 0 Å². The van der Waals surface area contributed by atoms with Gasteiger partial charge in [-0.3, -0.25) is 0 Å². The highest BCUT2D eigenvalue weighted by Crippen LogP contribution is 2.25. The van der Waals surface area contributed by atoms with Crippen LogP contribution in [0, 0.1) is 5.92 Å². The number of hydrogen-bond donors (Lipinski definition) is 2. The van der Waals surface area contributed by atoms with Crippen molar-refractivity contribution in [3.63, 3.8) is 0 Å². The number of rotatable bonds is 6. The summed E-state index contributed by atoms with van der Waals surface area (Å²) in [7, 11) is 2.28. The van der Waals surface area contributed by atoms with E-state index < -0.39 is 7.12 Å². The molecular weight excluding hydrogens is 253 g/mol. The summed E-state index contributed by atoms with van der Waals surface area (Å²) in [6.07, 6.45) is 5.33. The van der Waals surface area contributed by atoms with E-state index in [9.17, 15) is 10.0 Å². The van der Waals surface area contributed by atoms with Gasteiger partial charge in [0.1, 0.15) is 5.75 Å². The fraction of sp³-hybridized carbons (Fsp3) is 0.600. The van der Waals surface area contributed by atoms with Crippen LogP contribution >= 0.6 is 0 Å². The molecule has 0 bridgehead atoms. The van der Waals surface area contributed by atoms with Gasteiger partial charge >= 0.3 is 7.12 Å². The molecule has 1 aliphatic carbocycles. The summed E-state index contributed by atoms with van der Waals surface area (Å²) in [5.74, 6) is 1.53. The molecule has 4 nitrogen and oxygen atoms in total. The van der Waals surface area contributed by atoms with Crippen molar-refractivity contribution in [3.8, 4) is 5.75 Å². The SMILES string of the molecule is COc1ccc(B(O)O)c(CN(C)CC2CCCC2)c1. The van der Waals surface area contributed by atoms with Crippen molar-refractivity contribution in [2.24, 2.45) is 5.92 Å². The van der Waals surface area contributed by atoms with Gasteiger partial charge in [0.25, 0.3) is 0 Å². The Kier molecular flexibility index (Phi) is 5.46. The van der Waals surface area contributed by atoms with E-state index in [1.54, 1.807) is 19.2 Å². The molecule has 0 amide bonds. The number of nitrogens with zero attached hydrogens (tertiary/aromatic N) is 1.